The number of unbranched alkanes of at least 4 members (excludes halogenated alkanes) is 1. The van der Waals surface area contributed by atoms with E-state index in [4.69, 9.17) is 22.9 Å². The maximum atomic E-state index is 13.7. The van der Waals surface area contributed by atoms with Crippen molar-refractivity contribution in [2.75, 3.05) is 32.7 Å². The molecule has 0 bridgehead atoms. The van der Waals surface area contributed by atoms with Crippen molar-refractivity contribution in [1.29, 1.82) is 0 Å². The van der Waals surface area contributed by atoms with Gasteiger partial charge in [-0.15, -0.1) is 0 Å². The van der Waals surface area contributed by atoms with Crippen LogP contribution in [0.5, 0.6) is 5.75 Å². The molecule has 9 amide bonds. The highest BCUT2D eigenvalue weighted by Gasteiger charge is 2.31. The molecule has 1 rings (SSSR count). The van der Waals surface area contributed by atoms with Crippen LogP contribution in [0.3, 0.4) is 0 Å². The Labute approximate surface area is 367 Å². The van der Waals surface area contributed by atoms with Gasteiger partial charge in [-0.05, 0) is 74.6 Å². The van der Waals surface area contributed by atoms with Gasteiger partial charge in [-0.2, -0.15) is 0 Å². The number of nitrogens with one attached hydrogen (secondary N) is 8. The Bertz CT molecular complexity index is 1740. The Morgan fingerprint density at radius 1 is 0.619 bits per heavy atom. The molecule has 1 aromatic carbocycles. The second kappa shape index (κ2) is 28.9. The molecule has 23 nitrogen and oxygen atoms in total. The van der Waals surface area contributed by atoms with Crippen molar-refractivity contribution in [2.45, 2.75) is 110 Å². The summed E-state index contributed by atoms with van der Waals surface area (Å²) in [6.45, 7) is 7.06. The average Bonchev–Trinajstić information content (AvgIpc) is 3.20. The number of nitrogens with zero attached hydrogens (tertiary/aromatic N) is 1. The van der Waals surface area contributed by atoms with Crippen LogP contribution in [-0.4, -0.2) is 127 Å². The number of carbonyl (C=O) groups excluding carboxylic acids is 9. The molecule has 0 fully saturated rings. The van der Waals surface area contributed by atoms with Gasteiger partial charge in [-0.3, -0.25) is 48.1 Å². The molecule has 0 spiro atoms. The van der Waals surface area contributed by atoms with Crippen molar-refractivity contribution in [2.24, 2.45) is 39.8 Å². The maximum absolute atomic E-state index is 13.7. The minimum absolute atomic E-state index is 0.0433. The number of phenols is 1. The van der Waals surface area contributed by atoms with E-state index in [1.54, 1.807) is 13.8 Å². The smallest absolute Gasteiger partial charge is 0.243 e. The number of carbonyl (C=O) groups is 9. The van der Waals surface area contributed by atoms with E-state index in [0.717, 1.165) is 0 Å². The van der Waals surface area contributed by atoms with E-state index in [0.29, 0.717) is 31.4 Å². The molecule has 0 aliphatic carbocycles. The third-order valence-corrected chi connectivity index (χ3v) is 9.17. The number of amides is 9. The van der Waals surface area contributed by atoms with Crippen molar-refractivity contribution in [1.82, 2.24) is 42.5 Å². The van der Waals surface area contributed by atoms with E-state index in [1.165, 1.54) is 31.2 Å². The first kappa shape index (κ1) is 54.5. The summed E-state index contributed by atoms with van der Waals surface area (Å²) >= 11 is 0. The zero-order valence-electron chi connectivity index (χ0n) is 36.7. The van der Waals surface area contributed by atoms with Crippen LogP contribution >= 0.6 is 0 Å². The fourth-order valence-electron chi connectivity index (χ4n) is 5.96. The number of hydrogen-bond acceptors (Lipinski definition) is 12. The summed E-state index contributed by atoms with van der Waals surface area (Å²) in [5, 5.41) is 29.8. The quantitative estimate of drug-likeness (QED) is 0.0208. The lowest BCUT2D eigenvalue weighted by molar-refractivity contribution is -0.134. The first-order valence-electron chi connectivity index (χ1n) is 20.7. The predicted molar refractivity (Wildman–Crippen MR) is 232 cm³/mol. The number of rotatable bonds is 29. The van der Waals surface area contributed by atoms with Gasteiger partial charge in [-0.25, -0.2) is 0 Å². The van der Waals surface area contributed by atoms with Crippen LogP contribution in [0.4, 0.5) is 0 Å². The molecule has 0 aliphatic heterocycles. The van der Waals surface area contributed by atoms with Gasteiger partial charge in [0.25, 0.3) is 0 Å². The SMILES string of the molecule is CC(=O)N[C@@H](CCCN=C(N)N)C(=O)NCC(=O)N[C@H](C(=O)N[C@@H](Cc1ccc(O)cc1)C(=O)NCC(=O)N[C@@H](CC(C)C)C(=O)NCC(=O)N[C@@H](CCCCN)C(N)=O)C(C)C. The number of hydrogen-bond donors (Lipinski definition) is 13. The number of aliphatic imine (C=N–C) groups is 1. The standard InChI is InChI=1S/C40H67N13O10/c1-22(2)17-29(37(61)47-19-31(56)50-27(35(42)59)9-6-7-15-41)51-32(57)20-48-38(62)30(18-25-11-13-26(55)14-12-25)52-39(63)34(23(3)4)53-33(58)21-46-36(60)28(49-24(5)54)10-8-16-45-40(43)44/h11-14,22-23,27-30,34,55H,6-10,15-21,41H2,1-5H3,(H2,42,59)(H,46,60)(H,47,61)(H,48,62)(H,49,54)(H,50,56)(H,51,57)(H,52,63)(H,53,58)(H4,43,44,45)/t27-,28-,29-,30-,34-/m0/s1. The second-order valence-corrected chi connectivity index (χ2v) is 15.6. The third-order valence-electron chi connectivity index (χ3n) is 9.17. The Balaban J connectivity index is 3.02. The molecule has 17 N–H and O–H groups in total. The molecule has 23 heteroatoms. The fraction of sp³-hybridized carbons (Fsp3) is 0.600. The number of benzene rings is 1. The maximum Gasteiger partial charge on any atom is 0.243 e. The lowest BCUT2D eigenvalue weighted by atomic mass is 10.0. The molecule has 0 saturated carbocycles. The van der Waals surface area contributed by atoms with Crippen LogP contribution in [0.1, 0.15) is 78.7 Å². The topological polar surface area (TPSA) is 387 Å². The molecule has 0 unspecified atom stereocenters. The first-order chi connectivity index (χ1) is 29.6. The van der Waals surface area contributed by atoms with Gasteiger partial charge in [0.1, 0.15) is 36.0 Å². The lowest BCUT2D eigenvalue weighted by Gasteiger charge is -2.26. The van der Waals surface area contributed by atoms with Gasteiger partial charge in [0.15, 0.2) is 5.96 Å². The zero-order valence-corrected chi connectivity index (χ0v) is 36.7. The molecular weight excluding hydrogens is 823 g/mol. The largest absolute Gasteiger partial charge is 0.508 e. The Kier molecular flexibility index (Phi) is 25.0. The molecule has 0 heterocycles. The van der Waals surface area contributed by atoms with E-state index < -0.39 is 109 Å². The van der Waals surface area contributed by atoms with Crippen molar-refractivity contribution < 1.29 is 48.3 Å². The molecule has 352 valence electrons. The van der Waals surface area contributed by atoms with E-state index in [9.17, 15) is 48.3 Å². The summed E-state index contributed by atoms with van der Waals surface area (Å²) in [6.07, 6.45) is 2.02. The lowest BCUT2D eigenvalue weighted by Crippen LogP contribution is -2.58. The normalized spacial score (nSPS) is 13.2. The highest BCUT2D eigenvalue weighted by atomic mass is 16.3. The Hall–Kier alpha value is -6.52. The van der Waals surface area contributed by atoms with Crippen LogP contribution in [0.25, 0.3) is 0 Å². The average molecular weight is 890 g/mol. The number of aromatic hydroxyl groups is 1. The van der Waals surface area contributed by atoms with E-state index >= 15 is 0 Å². The zero-order chi connectivity index (χ0) is 47.6. The number of guanidine groups is 1. The highest BCUT2D eigenvalue weighted by Crippen LogP contribution is 2.13. The van der Waals surface area contributed by atoms with Crippen molar-refractivity contribution >= 4 is 59.1 Å². The van der Waals surface area contributed by atoms with E-state index in [1.807, 2.05) is 13.8 Å². The van der Waals surface area contributed by atoms with Gasteiger partial charge < -0.3 is 70.6 Å². The molecule has 0 radical (unpaired) electrons. The molecule has 0 aliphatic rings. The van der Waals surface area contributed by atoms with Crippen LogP contribution < -0.4 is 65.5 Å². The summed E-state index contributed by atoms with van der Waals surface area (Å²) in [6, 6.07) is 0.254. The van der Waals surface area contributed by atoms with Crippen LogP contribution in [-0.2, 0) is 49.6 Å². The Morgan fingerprint density at radius 2 is 1.13 bits per heavy atom. The number of primary amides is 1. The van der Waals surface area contributed by atoms with Gasteiger partial charge in [-0.1, -0.05) is 39.8 Å². The summed E-state index contributed by atoms with van der Waals surface area (Å²) in [5.74, 6) is -7.09. The van der Waals surface area contributed by atoms with Crippen molar-refractivity contribution in [3.05, 3.63) is 29.8 Å². The Morgan fingerprint density at radius 3 is 1.62 bits per heavy atom. The highest BCUT2D eigenvalue weighted by molar-refractivity contribution is 5.96. The van der Waals surface area contributed by atoms with E-state index in [2.05, 4.69) is 47.5 Å². The summed E-state index contributed by atoms with van der Waals surface area (Å²) < 4.78 is 0. The number of nitrogens with two attached hydrogens (primary N) is 4. The predicted octanol–water partition coefficient (Wildman–Crippen LogP) is -3.90. The molecule has 0 aromatic heterocycles. The molecule has 0 saturated heterocycles. The van der Waals surface area contributed by atoms with Gasteiger partial charge in [0, 0.05) is 19.9 Å². The minimum Gasteiger partial charge on any atom is -0.508 e. The van der Waals surface area contributed by atoms with Gasteiger partial charge >= 0.3 is 0 Å². The second-order valence-electron chi connectivity index (χ2n) is 15.6. The van der Waals surface area contributed by atoms with Crippen LogP contribution in [0.2, 0.25) is 0 Å². The summed E-state index contributed by atoms with van der Waals surface area (Å²) in [7, 11) is 0. The van der Waals surface area contributed by atoms with Gasteiger partial charge in [0.2, 0.25) is 53.2 Å². The molecular formula is C40H67N13O10. The fourth-order valence-corrected chi connectivity index (χ4v) is 5.96. The molecule has 63 heavy (non-hydrogen) atoms. The van der Waals surface area contributed by atoms with Crippen LogP contribution in [0, 0.1) is 11.8 Å². The monoisotopic (exact) mass is 890 g/mol. The third kappa shape index (κ3) is 23.3. The molecule has 1 aromatic rings. The van der Waals surface area contributed by atoms with Gasteiger partial charge in [0.05, 0.1) is 19.6 Å². The first-order valence-corrected chi connectivity index (χ1v) is 20.7. The van der Waals surface area contributed by atoms with Crippen molar-refractivity contribution in [3.63, 3.8) is 0 Å². The summed E-state index contributed by atoms with van der Waals surface area (Å²) in [5.41, 5.74) is 22.0. The van der Waals surface area contributed by atoms with Crippen LogP contribution in [0.15, 0.2) is 29.3 Å². The summed E-state index contributed by atoms with van der Waals surface area (Å²) in [4.78, 5) is 119. The van der Waals surface area contributed by atoms with E-state index in [-0.39, 0.29) is 49.9 Å². The minimum atomic E-state index is -1.31. The van der Waals surface area contributed by atoms with Crippen molar-refractivity contribution in [3.8, 4) is 5.75 Å². The molecule has 5 atom stereocenters. The number of phenolic OH excluding ortho intramolecular Hbond substituents is 1.